The van der Waals surface area contributed by atoms with E-state index in [9.17, 15) is 32.5 Å². The Balaban J connectivity index is 1.85. The highest BCUT2D eigenvalue weighted by atomic mass is 35.5. The first-order valence-corrected chi connectivity index (χ1v) is 8.20. The van der Waals surface area contributed by atoms with Crippen molar-refractivity contribution >= 4 is 23.2 Å². The Kier molecular flexibility index (Phi) is 7.10. The van der Waals surface area contributed by atoms with E-state index in [1.807, 2.05) is 0 Å². The Labute approximate surface area is 166 Å². The summed E-state index contributed by atoms with van der Waals surface area (Å²) in [5.74, 6) is -1.97. The zero-order chi connectivity index (χ0) is 21.6. The van der Waals surface area contributed by atoms with Crippen LogP contribution in [0.25, 0.3) is 0 Å². The molecule has 29 heavy (non-hydrogen) atoms. The number of halogens is 5. The molecule has 1 aromatic carbocycles. The summed E-state index contributed by atoms with van der Waals surface area (Å²) in [5.41, 5.74) is -1.92. The summed E-state index contributed by atoms with van der Waals surface area (Å²) in [7, 11) is 0. The van der Waals surface area contributed by atoms with Crippen molar-refractivity contribution in [2.24, 2.45) is 0 Å². The minimum atomic E-state index is -4.58. The molecule has 12 heteroatoms. The lowest BCUT2D eigenvalue weighted by atomic mass is 10.1. The van der Waals surface area contributed by atoms with Crippen molar-refractivity contribution in [2.45, 2.75) is 6.18 Å². The number of ether oxygens (including phenoxy) is 1. The van der Waals surface area contributed by atoms with Gasteiger partial charge in [0.05, 0.1) is 16.1 Å². The van der Waals surface area contributed by atoms with Gasteiger partial charge in [-0.2, -0.15) is 13.2 Å². The third-order valence-electron chi connectivity index (χ3n) is 3.40. The fraction of sp³-hybridized carbons (Fsp3) is 0.176. The molecule has 0 aliphatic carbocycles. The van der Waals surface area contributed by atoms with Gasteiger partial charge in [-0.3, -0.25) is 14.9 Å². The Morgan fingerprint density at radius 3 is 2.66 bits per heavy atom. The number of amides is 1. The van der Waals surface area contributed by atoms with Crippen molar-refractivity contribution in [3.05, 3.63) is 74.7 Å². The van der Waals surface area contributed by atoms with Gasteiger partial charge in [-0.1, -0.05) is 17.7 Å². The first kappa shape index (κ1) is 22.1. The lowest BCUT2D eigenvalue weighted by Crippen LogP contribution is -2.24. The van der Waals surface area contributed by atoms with Crippen LogP contribution in [0.15, 0.2) is 42.6 Å². The monoisotopic (exact) mass is 433 g/mol. The number of carbonyl (C=O) groups excluding carboxylic acids is 1. The van der Waals surface area contributed by atoms with Crippen LogP contribution in [-0.2, 0) is 6.18 Å². The molecule has 1 amide bonds. The van der Waals surface area contributed by atoms with Gasteiger partial charge in [-0.05, 0) is 18.2 Å². The van der Waals surface area contributed by atoms with Crippen LogP contribution in [0.1, 0.15) is 15.9 Å². The number of alkyl halides is 3. The van der Waals surface area contributed by atoms with Crippen LogP contribution in [0.3, 0.4) is 0 Å². The second-order valence-electron chi connectivity index (χ2n) is 5.42. The number of non-ortho nitro benzene ring substituents is 1. The average molecular weight is 434 g/mol. The van der Waals surface area contributed by atoms with Gasteiger partial charge in [0, 0.05) is 24.9 Å². The number of hydrogen-bond donors (Lipinski definition) is 1. The van der Waals surface area contributed by atoms with Crippen LogP contribution in [0, 0.1) is 15.9 Å². The predicted molar refractivity (Wildman–Crippen MR) is 94.3 cm³/mol. The maximum Gasteiger partial charge on any atom is 0.417 e. The molecule has 0 radical (unpaired) electrons. The molecule has 1 aromatic heterocycles. The Morgan fingerprint density at radius 1 is 1.31 bits per heavy atom. The van der Waals surface area contributed by atoms with E-state index in [0.717, 1.165) is 18.2 Å². The summed E-state index contributed by atoms with van der Waals surface area (Å²) >= 11 is 5.68. The van der Waals surface area contributed by atoms with Crippen molar-refractivity contribution in [2.75, 3.05) is 13.2 Å². The van der Waals surface area contributed by atoms with Crippen LogP contribution in [0.4, 0.5) is 23.2 Å². The molecule has 0 fully saturated rings. The second kappa shape index (κ2) is 9.32. The first-order chi connectivity index (χ1) is 13.6. The number of nitrogens with one attached hydrogen (secondary N) is 1. The number of rotatable bonds is 7. The van der Waals surface area contributed by atoms with Crippen LogP contribution in [-0.4, -0.2) is 29.0 Å². The van der Waals surface area contributed by atoms with Gasteiger partial charge in [0.15, 0.2) is 0 Å². The number of aromatic nitrogens is 1. The first-order valence-electron chi connectivity index (χ1n) is 7.82. The normalized spacial score (nSPS) is 11.5. The third kappa shape index (κ3) is 6.14. The van der Waals surface area contributed by atoms with Crippen LogP contribution in [0.5, 0.6) is 5.88 Å². The SMILES string of the molecule is O=C(NC/C=C/COc1ncc(C(F)(F)F)cc1Cl)c1cc([N+](=O)[O-])ccc1F. The number of benzene rings is 1. The molecule has 0 saturated heterocycles. The third-order valence-corrected chi connectivity index (χ3v) is 3.67. The predicted octanol–water partition coefficient (Wildman–Crippen LogP) is 4.17. The minimum absolute atomic E-state index is 0.0570. The summed E-state index contributed by atoms with van der Waals surface area (Å²) in [6.07, 6.45) is -1.16. The van der Waals surface area contributed by atoms with Crippen molar-refractivity contribution in [1.29, 1.82) is 0 Å². The molecule has 0 saturated carbocycles. The molecular weight excluding hydrogens is 422 g/mol. The highest BCUT2D eigenvalue weighted by Crippen LogP contribution is 2.33. The smallest absolute Gasteiger partial charge is 0.417 e. The van der Waals surface area contributed by atoms with Crippen molar-refractivity contribution in [3.8, 4) is 5.88 Å². The molecule has 2 aromatic rings. The molecule has 1 N–H and O–H groups in total. The molecule has 0 unspecified atom stereocenters. The van der Waals surface area contributed by atoms with E-state index in [1.165, 1.54) is 12.2 Å². The number of nitro groups is 1. The number of pyridine rings is 1. The van der Waals surface area contributed by atoms with Crippen molar-refractivity contribution in [3.63, 3.8) is 0 Å². The number of nitro benzene ring substituents is 1. The lowest BCUT2D eigenvalue weighted by molar-refractivity contribution is -0.384. The van der Waals surface area contributed by atoms with E-state index in [-0.39, 0.29) is 24.1 Å². The van der Waals surface area contributed by atoms with Gasteiger partial charge in [0.25, 0.3) is 11.6 Å². The van der Waals surface area contributed by atoms with Gasteiger partial charge < -0.3 is 10.1 Å². The summed E-state index contributed by atoms with van der Waals surface area (Å²) in [6.45, 7) is -0.169. The van der Waals surface area contributed by atoms with E-state index < -0.39 is 39.6 Å². The van der Waals surface area contributed by atoms with Gasteiger partial charge in [0.1, 0.15) is 17.4 Å². The zero-order valence-electron chi connectivity index (χ0n) is 14.4. The van der Waals surface area contributed by atoms with Gasteiger partial charge in [0.2, 0.25) is 5.88 Å². The molecule has 7 nitrogen and oxygen atoms in total. The molecule has 0 bridgehead atoms. The molecule has 0 spiro atoms. The van der Waals surface area contributed by atoms with Crippen LogP contribution in [0.2, 0.25) is 5.02 Å². The topological polar surface area (TPSA) is 94.4 Å². The molecule has 2 rings (SSSR count). The standard InChI is InChI=1S/C17H12ClF4N3O4/c18-13-7-10(17(20,21)22)9-24-16(13)29-6-2-1-5-23-15(26)12-8-11(25(27)28)3-4-14(12)19/h1-4,7-9H,5-6H2,(H,23,26)/b2-1+. The fourth-order valence-electron chi connectivity index (χ4n) is 2.01. The number of nitrogens with zero attached hydrogens (tertiary/aromatic N) is 2. The highest BCUT2D eigenvalue weighted by Gasteiger charge is 2.31. The maximum absolute atomic E-state index is 13.6. The highest BCUT2D eigenvalue weighted by molar-refractivity contribution is 6.31. The Morgan fingerprint density at radius 2 is 2.03 bits per heavy atom. The van der Waals surface area contributed by atoms with Crippen molar-refractivity contribution in [1.82, 2.24) is 10.3 Å². The minimum Gasteiger partial charge on any atom is -0.472 e. The molecule has 0 aliphatic heterocycles. The van der Waals surface area contributed by atoms with E-state index in [0.29, 0.717) is 12.3 Å². The summed E-state index contributed by atoms with van der Waals surface area (Å²) in [6, 6.07) is 3.25. The van der Waals surface area contributed by atoms with Gasteiger partial charge in [-0.15, -0.1) is 0 Å². The van der Waals surface area contributed by atoms with E-state index in [4.69, 9.17) is 16.3 Å². The molecular formula is C17H12ClF4N3O4. The van der Waals surface area contributed by atoms with E-state index >= 15 is 0 Å². The van der Waals surface area contributed by atoms with Crippen LogP contribution >= 0.6 is 11.6 Å². The van der Waals surface area contributed by atoms with Gasteiger partial charge >= 0.3 is 6.18 Å². The quantitative estimate of drug-likeness (QED) is 0.306. The summed E-state index contributed by atoms with van der Waals surface area (Å²) < 4.78 is 56.3. The summed E-state index contributed by atoms with van der Waals surface area (Å²) in [5, 5.41) is 12.7. The largest absolute Gasteiger partial charge is 0.472 e. The zero-order valence-corrected chi connectivity index (χ0v) is 15.1. The molecule has 1 heterocycles. The van der Waals surface area contributed by atoms with Crippen LogP contribution < -0.4 is 10.1 Å². The fourth-order valence-corrected chi connectivity index (χ4v) is 2.23. The Bertz CT molecular complexity index is 951. The number of carbonyl (C=O) groups is 1. The van der Waals surface area contributed by atoms with Gasteiger partial charge in [-0.25, -0.2) is 9.37 Å². The summed E-state index contributed by atoms with van der Waals surface area (Å²) in [4.78, 5) is 25.3. The van der Waals surface area contributed by atoms with E-state index in [1.54, 1.807) is 0 Å². The average Bonchev–Trinajstić information content (AvgIpc) is 2.64. The number of hydrogen-bond acceptors (Lipinski definition) is 5. The maximum atomic E-state index is 13.6. The molecule has 0 atom stereocenters. The second-order valence-corrected chi connectivity index (χ2v) is 5.83. The van der Waals surface area contributed by atoms with E-state index in [2.05, 4.69) is 10.3 Å². The Hall–Kier alpha value is -3.21. The lowest BCUT2D eigenvalue weighted by Gasteiger charge is -2.09. The molecule has 0 aliphatic rings. The van der Waals surface area contributed by atoms with Crippen molar-refractivity contribution < 1.29 is 32.0 Å². The molecule has 154 valence electrons.